The molecule has 3 N–H and O–H groups in total. The summed E-state index contributed by atoms with van der Waals surface area (Å²) in [4.78, 5) is 13.5. The average molecular weight is 286 g/mol. The second kappa shape index (κ2) is 8.60. The third-order valence-corrected chi connectivity index (χ3v) is 4.09. The van der Waals surface area contributed by atoms with Gasteiger partial charge >= 0.3 is 0 Å². The lowest BCUT2D eigenvalue weighted by atomic mass is 9.86. The molecule has 1 heterocycles. The highest BCUT2D eigenvalue weighted by molar-refractivity contribution is 5.73. The number of piperidine rings is 1. The molecule has 1 fully saturated rings. The minimum Gasteiger partial charge on any atom is -0.396 e. The summed E-state index contributed by atoms with van der Waals surface area (Å²) in [7, 11) is 0. The zero-order valence-electron chi connectivity index (χ0n) is 13.0. The maximum absolute atomic E-state index is 11.6. The first-order valence-corrected chi connectivity index (χ1v) is 7.71. The minimum atomic E-state index is -0.301. The van der Waals surface area contributed by atoms with Crippen molar-refractivity contribution in [3.8, 4) is 0 Å². The van der Waals surface area contributed by atoms with Crippen LogP contribution >= 0.6 is 0 Å². The van der Waals surface area contributed by atoms with Crippen molar-refractivity contribution in [3.63, 3.8) is 0 Å². The SMILES string of the molecule is CC(=O)N1CC(CC(O)C(C)C)CC(NCCCO)C1. The molecule has 0 aromatic rings. The van der Waals surface area contributed by atoms with E-state index in [0.29, 0.717) is 5.92 Å². The van der Waals surface area contributed by atoms with Gasteiger partial charge in [-0.25, -0.2) is 0 Å². The van der Waals surface area contributed by atoms with Gasteiger partial charge in [-0.15, -0.1) is 0 Å². The Bertz CT molecular complexity index is 297. The number of hydrogen-bond donors (Lipinski definition) is 3. The molecule has 0 spiro atoms. The third-order valence-electron chi connectivity index (χ3n) is 4.09. The van der Waals surface area contributed by atoms with Crippen LogP contribution in [0.1, 0.15) is 40.0 Å². The van der Waals surface area contributed by atoms with E-state index in [1.807, 2.05) is 18.7 Å². The first-order chi connectivity index (χ1) is 9.43. The smallest absolute Gasteiger partial charge is 0.219 e. The summed E-state index contributed by atoms with van der Waals surface area (Å²) in [5.41, 5.74) is 0. The quantitative estimate of drug-likeness (QED) is 0.599. The molecule has 1 amide bonds. The van der Waals surface area contributed by atoms with E-state index in [9.17, 15) is 9.90 Å². The molecular formula is C15H30N2O3. The van der Waals surface area contributed by atoms with Crippen LogP contribution in [0.15, 0.2) is 0 Å². The van der Waals surface area contributed by atoms with E-state index in [0.717, 1.165) is 38.9 Å². The van der Waals surface area contributed by atoms with Crippen LogP contribution in [0.5, 0.6) is 0 Å². The molecule has 0 saturated carbocycles. The van der Waals surface area contributed by atoms with Gasteiger partial charge in [0, 0.05) is 32.7 Å². The molecule has 3 unspecified atom stereocenters. The van der Waals surface area contributed by atoms with Crippen LogP contribution in [0.2, 0.25) is 0 Å². The molecule has 118 valence electrons. The molecule has 3 atom stereocenters. The first-order valence-electron chi connectivity index (χ1n) is 7.71. The van der Waals surface area contributed by atoms with Gasteiger partial charge in [-0.2, -0.15) is 0 Å². The molecule has 1 aliphatic rings. The lowest BCUT2D eigenvalue weighted by molar-refractivity contribution is -0.131. The summed E-state index contributed by atoms with van der Waals surface area (Å²) in [5, 5.41) is 22.3. The maximum Gasteiger partial charge on any atom is 0.219 e. The number of carbonyl (C=O) groups is 1. The topological polar surface area (TPSA) is 72.8 Å². The van der Waals surface area contributed by atoms with Gasteiger partial charge in [0.1, 0.15) is 0 Å². The Morgan fingerprint density at radius 2 is 2.10 bits per heavy atom. The van der Waals surface area contributed by atoms with E-state index < -0.39 is 0 Å². The van der Waals surface area contributed by atoms with Crippen LogP contribution < -0.4 is 5.32 Å². The Hall–Kier alpha value is -0.650. The Kier molecular flexibility index (Phi) is 7.48. The largest absolute Gasteiger partial charge is 0.396 e. The number of likely N-dealkylation sites (tertiary alicyclic amines) is 1. The average Bonchev–Trinajstić information content (AvgIpc) is 2.38. The molecule has 0 aromatic carbocycles. The van der Waals surface area contributed by atoms with Crippen molar-refractivity contribution < 1.29 is 15.0 Å². The van der Waals surface area contributed by atoms with Crippen LogP contribution in [-0.4, -0.2) is 59.4 Å². The van der Waals surface area contributed by atoms with Crippen molar-refractivity contribution in [3.05, 3.63) is 0 Å². The molecule has 0 aromatic heterocycles. The van der Waals surface area contributed by atoms with Crippen LogP contribution in [0, 0.1) is 11.8 Å². The minimum absolute atomic E-state index is 0.0997. The van der Waals surface area contributed by atoms with Crippen LogP contribution in [-0.2, 0) is 4.79 Å². The van der Waals surface area contributed by atoms with Gasteiger partial charge in [-0.1, -0.05) is 13.8 Å². The van der Waals surface area contributed by atoms with Crippen LogP contribution in [0.25, 0.3) is 0 Å². The molecule has 1 rings (SSSR count). The summed E-state index contributed by atoms with van der Waals surface area (Å²) < 4.78 is 0. The first kappa shape index (κ1) is 17.4. The van der Waals surface area contributed by atoms with E-state index in [-0.39, 0.29) is 30.6 Å². The van der Waals surface area contributed by atoms with Gasteiger partial charge in [0.15, 0.2) is 0 Å². The van der Waals surface area contributed by atoms with Crippen LogP contribution in [0.3, 0.4) is 0 Å². The molecule has 20 heavy (non-hydrogen) atoms. The number of hydrogen-bond acceptors (Lipinski definition) is 4. The van der Waals surface area contributed by atoms with Crippen LogP contribution in [0.4, 0.5) is 0 Å². The highest BCUT2D eigenvalue weighted by atomic mass is 16.3. The van der Waals surface area contributed by atoms with E-state index >= 15 is 0 Å². The monoisotopic (exact) mass is 286 g/mol. The highest BCUT2D eigenvalue weighted by Crippen LogP contribution is 2.24. The molecule has 0 bridgehead atoms. The Morgan fingerprint density at radius 1 is 1.40 bits per heavy atom. The Morgan fingerprint density at radius 3 is 2.65 bits per heavy atom. The molecule has 5 nitrogen and oxygen atoms in total. The van der Waals surface area contributed by atoms with Crippen molar-refractivity contribution in [1.29, 1.82) is 0 Å². The Labute approximate surface area is 122 Å². The van der Waals surface area contributed by atoms with Crippen molar-refractivity contribution >= 4 is 5.91 Å². The molecular weight excluding hydrogens is 256 g/mol. The number of aliphatic hydroxyl groups is 2. The zero-order chi connectivity index (χ0) is 15.1. The van der Waals surface area contributed by atoms with Crippen molar-refractivity contribution in [2.24, 2.45) is 11.8 Å². The van der Waals surface area contributed by atoms with E-state index in [1.54, 1.807) is 6.92 Å². The van der Waals surface area contributed by atoms with Gasteiger partial charge in [0.05, 0.1) is 6.10 Å². The Balaban J connectivity index is 2.53. The lowest BCUT2D eigenvalue weighted by Gasteiger charge is -2.39. The fourth-order valence-corrected chi connectivity index (χ4v) is 2.78. The predicted octanol–water partition coefficient (Wildman–Crippen LogP) is 0.602. The van der Waals surface area contributed by atoms with Crippen molar-refractivity contribution in [2.45, 2.75) is 52.2 Å². The summed E-state index contributed by atoms with van der Waals surface area (Å²) in [6.45, 7) is 8.08. The fourth-order valence-electron chi connectivity index (χ4n) is 2.78. The van der Waals surface area contributed by atoms with E-state index in [4.69, 9.17) is 5.11 Å². The van der Waals surface area contributed by atoms with E-state index in [2.05, 4.69) is 5.32 Å². The number of carbonyl (C=O) groups excluding carboxylic acids is 1. The number of rotatable bonds is 7. The standard InChI is InChI=1S/C15H30N2O3/c1-11(2)15(20)8-13-7-14(16-5-4-6-18)10-17(9-13)12(3)19/h11,13-16,18,20H,4-10H2,1-3H3. The summed E-state index contributed by atoms with van der Waals surface area (Å²) in [6.07, 6.45) is 2.17. The van der Waals surface area contributed by atoms with Gasteiger partial charge in [-0.3, -0.25) is 4.79 Å². The van der Waals surface area contributed by atoms with E-state index in [1.165, 1.54) is 0 Å². The summed E-state index contributed by atoms with van der Waals surface area (Å²) >= 11 is 0. The van der Waals surface area contributed by atoms with Gasteiger partial charge in [-0.05, 0) is 37.6 Å². The third kappa shape index (κ3) is 5.77. The zero-order valence-corrected chi connectivity index (χ0v) is 13.0. The highest BCUT2D eigenvalue weighted by Gasteiger charge is 2.30. The summed E-state index contributed by atoms with van der Waals surface area (Å²) in [6, 6.07) is 0.267. The van der Waals surface area contributed by atoms with Gasteiger partial charge in [0.2, 0.25) is 5.91 Å². The number of amides is 1. The number of nitrogens with one attached hydrogen (secondary N) is 1. The predicted molar refractivity (Wildman–Crippen MR) is 79.3 cm³/mol. The fraction of sp³-hybridized carbons (Fsp3) is 0.933. The van der Waals surface area contributed by atoms with Crippen molar-refractivity contribution in [1.82, 2.24) is 10.2 Å². The van der Waals surface area contributed by atoms with Gasteiger partial charge < -0.3 is 20.4 Å². The molecule has 1 aliphatic heterocycles. The van der Waals surface area contributed by atoms with Gasteiger partial charge in [0.25, 0.3) is 0 Å². The number of aliphatic hydroxyl groups excluding tert-OH is 2. The second-order valence-corrected chi connectivity index (χ2v) is 6.30. The molecule has 1 saturated heterocycles. The lowest BCUT2D eigenvalue weighted by Crippen LogP contribution is -2.51. The van der Waals surface area contributed by atoms with Crippen molar-refractivity contribution in [2.75, 3.05) is 26.2 Å². The molecule has 0 aliphatic carbocycles. The molecule has 0 radical (unpaired) electrons. The normalized spacial score (nSPS) is 25.0. The molecule has 5 heteroatoms. The summed E-state index contributed by atoms with van der Waals surface area (Å²) in [5.74, 6) is 0.697. The number of nitrogens with zero attached hydrogens (tertiary/aromatic N) is 1. The second-order valence-electron chi connectivity index (χ2n) is 6.30. The maximum atomic E-state index is 11.6.